The van der Waals surface area contributed by atoms with Crippen LogP contribution < -0.4 is 11.3 Å². The van der Waals surface area contributed by atoms with Crippen molar-refractivity contribution >= 4 is 22.6 Å². The van der Waals surface area contributed by atoms with Gasteiger partial charge in [-0.3, -0.25) is 14.4 Å². The van der Waals surface area contributed by atoms with E-state index in [9.17, 15) is 14.4 Å². The lowest BCUT2D eigenvalue weighted by Gasteiger charge is -2.30. The van der Waals surface area contributed by atoms with Crippen molar-refractivity contribution in [2.45, 2.75) is 19.4 Å². The number of hydrogen-bond acceptors (Lipinski definition) is 4. The highest BCUT2D eigenvalue weighted by Gasteiger charge is 2.26. The molecule has 2 N–H and O–H groups in total. The third-order valence-electron chi connectivity index (χ3n) is 5.45. The van der Waals surface area contributed by atoms with Gasteiger partial charge in [-0.25, -0.2) is 4.68 Å². The van der Waals surface area contributed by atoms with E-state index in [2.05, 4.69) is 5.10 Å². The molecule has 1 fully saturated rings. The Morgan fingerprint density at radius 2 is 1.72 bits per heavy atom. The van der Waals surface area contributed by atoms with E-state index >= 15 is 0 Å². The number of aromatic nitrogens is 2. The predicted octanol–water partition coefficient (Wildman–Crippen LogP) is 1.79. The number of nitrogens with two attached hydrogens (primary N) is 1. The number of carbonyl (C=O) groups excluding carboxylic acids is 2. The van der Waals surface area contributed by atoms with Crippen LogP contribution in [0.25, 0.3) is 22.0 Å². The van der Waals surface area contributed by atoms with Crippen LogP contribution in [-0.4, -0.2) is 39.6 Å². The van der Waals surface area contributed by atoms with Crippen molar-refractivity contribution in [3.05, 3.63) is 65.0 Å². The maximum atomic E-state index is 12.6. The van der Waals surface area contributed by atoms with Crippen LogP contribution in [0.4, 0.5) is 0 Å². The highest BCUT2D eigenvalue weighted by atomic mass is 16.2. The van der Waals surface area contributed by atoms with E-state index in [1.807, 2.05) is 42.5 Å². The number of fused-ring (bicyclic) bond motifs is 1. The minimum atomic E-state index is -0.324. The van der Waals surface area contributed by atoms with Crippen LogP contribution in [0.5, 0.6) is 0 Å². The Hall–Kier alpha value is -3.48. The second-order valence-electron chi connectivity index (χ2n) is 7.33. The van der Waals surface area contributed by atoms with E-state index in [0.29, 0.717) is 31.6 Å². The Kier molecular flexibility index (Phi) is 5.12. The van der Waals surface area contributed by atoms with Gasteiger partial charge in [0.25, 0.3) is 5.56 Å². The van der Waals surface area contributed by atoms with Gasteiger partial charge in [0.15, 0.2) is 0 Å². The molecule has 0 atom stereocenters. The highest BCUT2D eigenvalue weighted by molar-refractivity contribution is 5.86. The molecule has 0 radical (unpaired) electrons. The molecule has 1 aromatic heterocycles. The van der Waals surface area contributed by atoms with Gasteiger partial charge in [-0.05, 0) is 35.7 Å². The molecule has 29 heavy (non-hydrogen) atoms. The maximum absolute atomic E-state index is 12.6. The molecule has 0 aliphatic carbocycles. The summed E-state index contributed by atoms with van der Waals surface area (Å²) in [6.45, 7) is 0.804. The first-order valence-electron chi connectivity index (χ1n) is 9.66. The molecule has 0 unspecified atom stereocenters. The number of amides is 2. The highest BCUT2D eigenvalue weighted by Crippen LogP contribution is 2.22. The fourth-order valence-electron chi connectivity index (χ4n) is 3.71. The quantitative estimate of drug-likeness (QED) is 0.734. The summed E-state index contributed by atoms with van der Waals surface area (Å²) in [5.74, 6) is -0.688. The molecule has 7 heteroatoms. The molecule has 0 bridgehead atoms. The fourth-order valence-corrected chi connectivity index (χ4v) is 3.71. The van der Waals surface area contributed by atoms with Gasteiger partial charge < -0.3 is 10.6 Å². The van der Waals surface area contributed by atoms with Crippen molar-refractivity contribution < 1.29 is 9.59 Å². The van der Waals surface area contributed by atoms with E-state index in [1.165, 1.54) is 10.7 Å². The second kappa shape index (κ2) is 7.87. The third kappa shape index (κ3) is 4.03. The monoisotopic (exact) mass is 390 g/mol. The number of hydrogen-bond donors (Lipinski definition) is 1. The van der Waals surface area contributed by atoms with E-state index in [1.54, 1.807) is 11.0 Å². The zero-order valence-electron chi connectivity index (χ0n) is 16.0. The van der Waals surface area contributed by atoms with Crippen molar-refractivity contribution in [1.82, 2.24) is 14.7 Å². The molecule has 2 amide bonds. The summed E-state index contributed by atoms with van der Waals surface area (Å²) in [6.07, 6.45) is 1.11. The number of rotatable bonds is 4. The van der Waals surface area contributed by atoms with Gasteiger partial charge in [0.1, 0.15) is 6.54 Å². The molecule has 0 saturated carbocycles. The molecular weight excluding hydrogens is 368 g/mol. The predicted molar refractivity (Wildman–Crippen MR) is 110 cm³/mol. The number of likely N-dealkylation sites (tertiary alicyclic amines) is 1. The Balaban J connectivity index is 1.53. The number of primary amides is 1. The minimum Gasteiger partial charge on any atom is -0.369 e. The molecule has 148 valence electrons. The Labute approximate surface area is 167 Å². The molecule has 4 rings (SSSR count). The maximum Gasteiger partial charge on any atom is 0.267 e. The normalized spacial score (nSPS) is 14.8. The van der Waals surface area contributed by atoms with Crippen LogP contribution in [0.15, 0.2) is 59.4 Å². The average molecular weight is 390 g/mol. The standard InChI is InChI=1S/C22H22N4O3/c23-22(29)16-9-11-25(12-10-16)21(28)14-26-20(27)8-7-19(24-26)18-6-5-15-3-1-2-4-17(15)13-18/h1-8,13,16H,9-12,14H2,(H2,23,29). The van der Waals surface area contributed by atoms with Gasteiger partial charge in [-0.2, -0.15) is 5.10 Å². The van der Waals surface area contributed by atoms with Crippen molar-refractivity contribution in [2.75, 3.05) is 13.1 Å². The third-order valence-corrected chi connectivity index (χ3v) is 5.45. The van der Waals surface area contributed by atoms with E-state index < -0.39 is 0 Å². The van der Waals surface area contributed by atoms with Gasteiger partial charge >= 0.3 is 0 Å². The lowest BCUT2D eigenvalue weighted by Crippen LogP contribution is -2.44. The van der Waals surface area contributed by atoms with Crippen LogP contribution in [0.3, 0.4) is 0 Å². The van der Waals surface area contributed by atoms with Crippen LogP contribution in [0, 0.1) is 5.92 Å². The largest absolute Gasteiger partial charge is 0.369 e. The van der Waals surface area contributed by atoms with Crippen LogP contribution in [0.2, 0.25) is 0 Å². The van der Waals surface area contributed by atoms with Gasteiger partial charge in [-0.15, -0.1) is 0 Å². The number of benzene rings is 2. The van der Waals surface area contributed by atoms with Crippen molar-refractivity contribution in [1.29, 1.82) is 0 Å². The summed E-state index contributed by atoms with van der Waals surface area (Å²) >= 11 is 0. The summed E-state index contributed by atoms with van der Waals surface area (Å²) in [6, 6.07) is 17.1. The average Bonchev–Trinajstić information content (AvgIpc) is 2.75. The van der Waals surface area contributed by atoms with E-state index in [-0.39, 0.29) is 29.8 Å². The molecule has 7 nitrogen and oxygen atoms in total. The van der Waals surface area contributed by atoms with E-state index in [4.69, 9.17) is 5.73 Å². The van der Waals surface area contributed by atoms with Gasteiger partial charge in [0.2, 0.25) is 11.8 Å². The molecule has 2 heterocycles. The Morgan fingerprint density at radius 1 is 1.00 bits per heavy atom. The van der Waals surface area contributed by atoms with Crippen LogP contribution in [0.1, 0.15) is 12.8 Å². The van der Waals surface area contributed by atoms with Gasteiger partial charge in [0, 0.05) is 30.6 Å². The first-order chi connectivity index (χ1) is 14.0. The summed E-state index contributed by atoms with van der Waals surface area (Å²) in [5.41, 5.74) is 6.53. The molecule has 1 saturated heterocycles. The molecule has 1 aliphatic heterocycles. The summed E-state index contributed by atoms with van der Waals surface area (Å²) < 4.78 is 1.20. The first-order valence-corrected chi connectivity index (χ1v) is 9.66. The van der Waals surface area contributed by atoms with Crippen molar-refractivity contribution in [3.63, 3.8) is 0 Å². The van der Waals surface area contributed by atoms with Gasteiger partial charge in [-0.1, -0.05) is 36.4 Å². The molecular formula is C22H22N4O3. The SMILES string of the molecule is NC(=O)C1CCN(C(=O)Cn2nc(-c3ccc4ccccc4c3)ccc2=O)CC1. The zero-order chi connectivity index (χ0) is 20.4. The minimum absolute atomic E-state index is 0.124. The van der Waals surface area contributed by atoms with Crippen LogP contribution in [-0.2, 0) is 16.1 Å². The van der Waals surface area contributed by atoms with Crippen LogP contribution >= 0.6 is 0 Å². The summed E-state index contributed by atoms with van der Waals surface area (Å²) in [4.78, 5) is 37.8. The molecule has 0 spiro atoms. The van der Waals surface area contributed by atoms with Crippen molar-refractivity contribution in [2.24, 2.45) is 11.7 Å². The second-order valence-corrected chi connectivity index (χ2v) is 7.33. The topological polar surface area (TPSA) is 98.3 Å². The fraction of sp³-hybridized carbons (Fsp3) is 0.273. The Morgan fingerprint density at radius 3 is 2.45 bits per heavy atom. The lowest BCUT2D eigenvalue weighted by molar-refractivity contribution is -0.135. The summed E-state index contributed by atoms with van der Waals surface area (Å²) in [5, 5.41) is 6.62. The van der Waals surface area contributed by atoms with E-state index in [0.717, 1.165) is 16.3 Å². The number of piperidine rings is 1. The molecule has 3 aromatic rings. The van der Waals surface area contributed by atoms with Gasteiger partial charge in [0.05, 0.1) is 5.69 Å². The first kappa shape index (κ1) is 18.9. The zero-order valence-corrected chi connectivity index (χ0v) is 16.0. The smallest absolute Gasteiger partial charge is 0.267 e. The molecule has 1 aliphatic rings. The number of carbonyl (C=O) groups is 2. The lowest BCUT2D eigenvalue weighted by atomic mass is 9.96. The molecule has 2 aromatic carbocycles. The summed E-state index contributed by atoms with van der Waals surface area (Å²) in [7, 11) is 0. The number of nitrogens with zero attached hydrogens (tertiary/aromatic N) is 3. The Bertz CT molecular complexity index is 1130. The van der Waals surface area contributed by atoms with Crippen molar-refractivity contribution in [3.8, 4) is 11.3 Å².